The van der Waals surface area contributed by atoms with Crippen molar-refractivity contribution in [1.82, 2.24) is 5.32 Å². The fourth-order valence-corrected chi connectivity index (χ4v) is 2.89. The van der Waals surface area contributed by atoms with Crippen LogP contribution in [0.1, 0.15) is 36.5 Å². The quantitative estimate of drug-likeness (QED) is 0.832. The lowest BCUT2D eigenvalue weighted by molar-refractivity contribution is 0.0798. The monoisotopic (exact) mass is 265 g/mol. The van der Waals surface area contributed by atoms with Crippen LogP contribution >= 0.6 is 0 Å². The molecule has 19 heavy (non-hydrogen) atoms. The number of carbonyl (C=O) groups is 1. The minimum Gasteiger partial charge on any atom is -0.496 e. The van der Waals surface area contributed by atoms with E-state index in [2.05, 4.69) is 12.2 Å². The molecule has 1 saturated heterocycles. The maximum atomic E-state index is 13.4. The van der Waals surface area contributed by atoms with Crippen molar-refractivity contribution in [2.45, 2.75) is 26.2 Å². The molecule has 1 atom stereocenters. The largest absolute Gasteiger partial charge is 0.496 e. The van der Waals surface area contributed by atoms with Crippen molar-refractivity contribution >= 4 is 5.78 Å². The lowest BCUT2D eigenvalue weighted by Crippen LogP contribution is -2.33. The second kappa shape index (κ2) is 5.70. The fourth-order valence-electron chi connectivity index (χ4n) is 2.89. The fraction of sp³-hybridized carbons (Fsp3) is 0.533. The highest BCUT2D eigenvalue weighted by atomic mass is 19.1. The third kappa shape index (κ3) is 2.63. The van der Waals surface area contributed by atoms with Crippen molar-refractivity contribution in [1.29, 1.82) is 0 Å². The lowest BCUT2D eigenvalue weighted by atomic mass is 9.76. The van der Waals surface area contributed by atoms with Crippen LogP contribution < -0.4 is 10.1 Å². The summed E-state index contributed by atoms with van der Waals surface area (Å²) in [5.41, 5.74) is -0.0461. The molecule has 1 N–H and O–H groups in total. The van der Waals surface area contributed by atoms with E-state index in [0.29, 0.717) is 17.9 Å². The summed E-state index contributed by atoms with van der Waals surface area (Å²) in [6.07, 6.45) is 2.56. The molecular weight excluding hydrogens is 245 g/mol. The van der Waals surface area contributed by atoms with Crippen LogP contribution in [0.4, 0.5) is 4.39 Å². The Bertz CT molecular complexity index is 467. The van der Waals surface area contributed by atoms with Crippen LogP contribution in [0.5, 0.6) is 5.75 Å². The highest BCUT2D eigenvalue weighted by Gasteiger charge is 2.41. The zero-order valence-electron chi connectivity index (χ0n) is 11.5. The molecule has 1 aromatic rings. The van der Waals surface area contributed by atoms with E-state index < -0.39 is 11.2 Å². The van der Waals surface area contributed by atoms with Crippen LogP contribution in [0.25, 0.3) is 0 Å². The minimum absolute atomic E-state index is 0.00398. The summed E-state index contributed by atoms with van der Waals surface area (Å²) in [6.45, 7) is 3.57. The highest BCUT2D eigenvalue weighted by Crippen LogP contribution is 2.37. The Hall–Kier alpha value is -1.42. The number of nitrogens with one attached hydrogen (secondary N) is 1. The van der Waals surface area contributed by atoms with E-state index in [1.807, 2.05) is 0 Å². The zero-order valence-corrected chi connectivity index (χ0v) is 11.5. The summed E-state index contributed by atoms with van der Waals surface area (Å²) in [4.78, 5) is 12.8. The van der Waals surface area contributed by atoms with Gasteiger partial charge in [0.05, 0.1) is 12.7 Å². The summed E-state index contributed by atoms with van der Waals surface area (Å²) in [5.74, 6) is 0.0474. The van der Waals surface area contributed by atoms with Gasteiger partial charge in [-0.25, -0.2) is 4.39 Å². The molecule has 1 fully saturated rings. The number of benzene rings is 1. The van der Waals surface area contributed by atoms with Gasteiger partial charge in [0.15, 0.2) is 5.78 Å². The predicted molar refractivity (Wildman–Crippen MR) is 72.1 cm³/mol. The first-order valence-electron chi connectivity index (χ1n) is 6.72. The van der Waals surface area contributed by atoms with E-state index in [9.17, 15) is 9.18 Å². The molecule has 0 spiro atoms. The number of halogens is 1. The molecule has 1 heterocycles. The SMILES string of the molecule is CCCC1(C(=O)c2cc(F)ccc2OC)CCNC1. The Morgan fingerprint density at radius 2 is 2.32 bits per heavy atom. The van der Waals surface area contributed by atoms with E-state index in [1.165, 1.54) is 25.3 Å². The van der Waals surface area contributed by atoms with Crippen LogP contribution in [0.2, 0.25) is 0 Å². The Labute approximate surface area is 113 Å². The number of rotatable bonds is 5. The normalized spacial score (nSPS) is 22.5. The molecule has 0 bridgehead atoms. The molecular formula is C15H20FNO2. The standard InChI is InChI=1S/C15H20FNO2/c1-3-6-15(7-8-17-10-15)14(18)12-9-11(16)4-5-13(12)19-2/h4-5,9,17H,3,6-8,10H2,1-2H3. The molecule has 104 valence electrons. The first-order valence-corrected chi connectivity index (χ1v) is 6.72. The van der Waals surface area contributed by atoms with Crippen molar-refractivity contribution in [3.63, 3.8) is 0 Å². The van der Waals surface area contributed by atoms with Crippen LogP contribution in [0.3, 0.4) is 0 Å². The molecule has 1 unspecified atom stereocenters. The molecule has 0 amide bonds. The Balaban J connectivity index is 2.39. The summed E-state index contributed by atoms with van der Waals surface area (Å²) >= 11 is 0. The molecule has 0 aromatic heterocycles. The van der Waals surface area contributed by atoms with Gasteiger partial charge in [-0.05, 0) is 37.6 Å². The Kier molecular flexibility index (Phi) is 4.20. The van der Waals surface area contributed by atoms with Gasteiger partial charge in [0.1, 0.15) is 11.6 Å². The van der Waals surface area contributed by atoms with Crippen LogP contribution in [-0.2, 0) is 0 Å². The van der Waals surface area contributed by atoms with Crippen molar-refractivity contribution in [3.8, 4) is 5.75 Å². The molecule has 1 aliphatic rings. The summed E-state index contributed by atoms with van der Waals surface area (Å²) in [6, 6.07) is 4.12. The molecule has 1 aromatic carbocycles. The van der Waals surface area contributed by atoms with E-state index in [0.717, 1.165) is 25.8 Å². The number of hydrogen-bond acceptors (Lipinski definition) is 3. The van der Waals surface area contributed by atoms with Crippen LogP contribution in [0.15, 0.2) is 18.2 Å². The minimum atomic E-state index is -0.407. The number of Topliss-reactive ketones (excluding diaryl/α,β-unsaturated/α-hetero) is 1. The maximum absolute atomic E-state index is 13.4. The number of methoxy groups -OCH3 is 1. The van der Waals surface area contributed by atoms with Gasteiger partial charge in [0.2, 0.25) is 0 Å². The van der Waals surface area contributed by atoms with E-state index >= 15 is 0 Å². The van der Waals surface area contributed by atoms with Gasteiger partial charge >= 0.3 is 0 Å². The highest BCUT2D eigenvalue weighted by molar-refractivity contribution is 6.03. The van der Waals surface area contributed by atoms with Crippen molar-refractivity contribution in [3.05, 3.63) is 29.6 Å². The van der Waals surface area contributed by atoms with Crippen LogP contribution in [0, 0.1) is 11.2 Å². The van der Waals surface area contributed by atoms with Gasteiger partial charge in [-0.2, -0.15) is 0 Å². The topological polar surface area (TPSA) is 38.3 Å². The smallest absolute Gasteiger partial charge is 0.174 e. The summed E-state index contributed by atoms with van der Waals surface area (Å²) < 4.78 is 18.6. The third-order valence-electron chi connectivity index (χ3n) is 3.86. The Morgan fingerprint density at radius 1 is 1.53 bits per heavy atom. The number of hydrogen-bond donors (Lipinski definition) is 1. The zero-order chi connectivity index (χ0) is 13.9. The number of ether oxygens (including phenoxy) is 1. The van der Waals surface area contributed by atoms with Gasteiger partial charge in [-0.3, -0.25) is 4.79 Å². The average molecular weight is 265 g/mol. The predicted octanol–water partition coefficient (Wildman–Crippen LogP) is 2.80. The van der Waals surface area contributed by atoms with Gasteiger partial charge < -0.3 is 10.1 Å². The van der Waals surface area contributed by atoms with Gasteiger partial charge in [-0.1, -0.05) is 13.3 Å². The molecule has 1 aliphatic heterocycles. The third-order valence-corrected chi connectivity index (χ3v) is 3.86. The molecule has 3 nitrogen and oxygen atoms in total. The van der Waals surface area contributed by atoms with Crippen LogP contribution in [-0.4, -0.2) is 26.0 Å². The second-order valence-electron chi connectivity index (χ2n) is 5.13. The number of ketones is 1. The van der Waals surface area contributed by atoms with E-state index in [-0.39, 0.29) is 5.78 Å². The van der Waals surface area contributed by atoms with E-state index in [1.54, 1.807) is 0 Å². The molecule has 0 aliphatic carbocycles. The first-order chi connectivity index (χ1) is 9.13. The average Bonchev–Trinajstić information content (AvgIpc) is 2.88. The molecule has 0 saturated carbocycles. The molecule has 2 rings (SSSR count). The number of carbonyl (C=O) groups excluding carboxylic acids is 1. The first kappa shape index (κ1) is 14.0. The van der Waals surface area contributed by atoms with Gasteiger partial charge in [0.25, 0.3) is 0 Å². The molecule has 0 radical (unpaired) electrons. The summed E-state index contributed by atoms with van der Waals surface area (Å²) in [7, 11) is 1.50. The second-order valence-corrected chi connectivity index (χ2v) is 5.13. The lowest BCUT2D eigenvalue weighted by Gasteiger charge is -2.27. The van der Waals surface area contributed by atoms with E-state index in [4.69, 9.17) is 4.74 Å². The van der Waals surface area contributed by atoms with Crippen molar-refractivity contribution in [2.75, 3.05) is 20.2 Å². The van der Waals surface area contributed by atoms with Gasteiger partial charge in [-0.15, -0.1) is 0 Å². The Morgan fingerprint density at radius 3 is 2.89 bits per heavy atom. The van der Waals surface area contributed by atoms with Crippen molar-refractivity contribution in [2.24, 2.45) is 5.41 Å². The van der Waals surface area contributed by atoms with Crippen molar-refractivity contribution < 1.29 is 13.9 Å². The van der Waals surface area contributed by atoms with Gasteiger partial charge in [0, 0.05) is 12.0 Å². The summed E-state index contributed by atoms with van der Waals surface area (Å²) in [5, 5.41) is 3.25. The molecule has 4 heteroatoms. The maximum Gasteiger partial charge on any atom is 0.174 e.